The number of hydrogen-bond donors (Lipinski definition) is 1. The summed E-state index contributed by atoms with van der Waals surface area (Å²) in [5.41, 5.74) is -0.796. The van der Waals surface area contributed by atoms with E-state index in [1.807, 2.05) is 0 Å². The van der Waals surface area contributed by atoms with Crippen molar-refractivity contribution < 1.29 is 132 Å². The fourth-order valence-electron chi connectivity index (χ4n) is 2.45. The summed E-state index contributed by atoms with van der Waals surface area (Å²) >= 11 is 0. The van der Waals surface area contributed by atoms with Gasteiger partial charge in [0.25, 0.3) is 11.8 Å². The van der Waals surface area contributed by atoms with Crippen LogP contribution in [-0.4, -0.2) is 23.8 Å². The number of carbonyl (C=O) groups excluding carboxylic acids is 4. The normalized spacial score (nSPS) is 12.0. The van der Waals surface area contributed by atoms with Crippen LogP contribution in [0.25, 0.3) is 10.8 Å². The maximum atomic E-state index is 11.8. The minimum atomic E-state index is -1.61. The molecule has 0 saturated heterocycles. The van der Waals surface area contributed by atoms with Crippen molar-refractivity contribution in [1.29, 1.82) is 0 Å². The number of aromatic carboxylic acids is 2. The Labute approximate surface area is 214 Å². The van der Waals surface area contributed by atoms with E-state index in [9.17, 15) is 29.4 Å². The Morgan fingerprint density at radius 1 is 0.739 bits per heavy atom. The molecule has 1 heterocycles. The number of nitrogens with one attached hydrogen (secondary N) is 1. The van der Waals surface area contributed by atoms with Crippen LogP contribution in [-0.2, 0) is 0 Å². The van der Waals surface area contributed by atoms with Crippen LogP contribution in [0.5, 0.6) is 0 Å². The molecule has 1 aliphatic heterocycles. The molecule has 2 amide bonds. The van der Waals surface area contributed by atoms with Gasteiger partial charge in [-0.1, -0.05) is 12.1 Å². The molecule has 0 saturated carbocycles. The minimum absolute atomic E-state index is 0. The fourth-order valence-corrected chi connectivity index (χ4v) is 2.45. The molecule has 0 aromatic heterocycles. The Morgan fingerprint density at radius 3 is 1.48 bits per heavy atom. The number of carbonyl (C=O) groups is 4. The molecule has 2 aromatic rings. The van der Waals surface area contributed by atoms with Gasteiger partial charge in [0.2, 0.25) is 0 Å². The Morgan fingerprint density at radius 2 is 1.13 bits per heavy atom. The van der Waals surface area contributed by atoms with E-state index in [-0.39, 0.29) is 125 Å². The third-order valence-electron chi connectivity index (χ3n) is 3.32. The zero-order valence-electron chi connectivity index (χ0n) is 12.3. The molecule has 2 aromatic carbocycles. The number of benzene rings is 2. The van der Waals surface area contributed by atoms with Crippen molar-refractivity contribution in [1.82, 2.24) is 5.32 Å². The van der Waals surface area contributed by atoms with E-state index in [0.717, 1.165) is 12.1 Å². The number of rotatable bonds is 2. The van der Waals surface area contributed by atoms with Gasteiger partial charge in [0, 0.05) is 33.0 Å². The van der Waals surface area contributed by atoms with Gasteiger partial charge in [-0.15, -0.1) is 0 Å². The van der Waals surface area contributed by atoms with Crippen LogP contribution in [0.2, 0.25) is 0 Å². The van der Waals surface area contributed by atoms with E-state index in [1.54, 1.807) is 0 Å². The second kappa shape index (κ2) is 7.95. The van der Waals surface area contributed by atoms with Crippen molar-refractivity contribution >= 4 is 34.5 Å². The number of amides is 2. The average molecular weight is 361 g/mol. The molecular weight excluding hydrogens is 356 g/mol. The summed E-state index contributed by atoms with van der Waals surface area (Å²) in [6.45, 7) is 0. The Bertz CT molecular complexity index is 810. The maximum absolute atomic E-state index is 11.8. The van der Waals surface area contributed by atoms with Gasteiger partial charge in [0.1, 0.15) is 0 Å². The molecule has 3 rings (SSSR count). The number of carboxylic acid groups (broad SMARTS) is 2. The molecule has 0 atom stereocenters. The summed E-state index contributed by atoms with van der Waals surface area (Å²) in [5, 5.41) is 24.2. The van der Waals surface area contributed by atoms with Gasteiger partial charge < -0.3 is 19.8 Å². The second-order valence-electron chi connectivity index (χ2n) is 4.43. The molecule has 0 bridgehead atoms. The van der Waals surface area contributed by atoms with E-state index in [1.165, 1.54) is 12.1 Å². The summed E-state index contributed by atoms with van der Waals surface area (Å²) in [6.07, 6.45) is 0. The Hall–Kier alpha value is 0.0527. The first-order valence-corrected chi connectivity index (χ1v) is 5.80. The second-order valence-corrected chi connectivity index (χ2v) is 4.43. The summed E-state index contributed by atoms with van der Waals surface area (Å²) in [4.78, 5) is 45.9. The van der Waals surface area contributed by atoms with Crippen molar-refractivity contribution in [3.05, 3.63) is 46.5 Å². The first-order valence-electron chi connectivity index (χ1n) is 5.80. The maximum Gasteiger partial charge on any atom is 1.00 e. The van der Waals surface area contributed by atoms with Crippen molar-refractivity contribution in [2.75, 3.05) is 0 Å². The average Bonchev–Trinajstić information content (AvgIpc) is 2.43. The molecule has 23 heavy (non-hydrogen) atoms. The quantitative estimate of drug-likeness (QED) is 0.418. The molecule has 1 aliphatic rings. The molecular formula is C14H5K2NO6. The van der Waals surface area contributed by atoms with Crippen LogP contribution >= 0.6 is 0 Å². The van der Waals surface area contributed by atoms with Crippen molar-refractivity contribution in [2.24, 2.45) is 0 Å². The zero-order chi connectivity index (χ0) is 15.3. The van der Waals surface area contributed by atoms with Crippen LogP contribution in [0.15, 0.2) is 24.3 Å². The molecule has 0 aliphatic carbocycles. The molecule has 0 radical (unpaired) electrons. The Balaban J connectivity index is 0.00000132. The number of carboxylic acids is 2. The molecule has 0 fully saturated rings. The summed E-state index contributed by atoms with van der Waals surface area (Å²) < 4.78 is 0. The minimum Gasteiger partial charge on any atom is -0.545 e. The predicted molar refractivity (Wildman–Crippen MR) is 64.4 cm³/mol. The number of hydrogen-bond acceptors (Lipinski definition) is 6. The van der Waals surface area contributed by atoms with E-state index in [0.29, 0.717) is 0 Å². The van der Waals surface area contributed by atoms with Gasteiger partial charge in [-0.25, -0.2) is 0 Å². The van der Waals surface area contributed by atoms with E-state index in [4.69, 9.17) is 0 Å². The zero-order valence-corrected chi connectivity index (χ0v) is 18.5. The van der Waals surface area contributed by atoms with Crippen molar-refractivity contribution in [3.8, 4) is 0 Å². The summed E-state index contributed by atoms with van der Waals surface area (Å²) in [5.74, 6) is -4.67. The Kier molecular flexibility index (Phi) is 7.30. The van der Waals surface area contributed by atoms with E-state index < -0.39 is 34.9 Å². The van der Waals surface area contributed by atoms with Crippen molar-refractivity contribution in [3.63, 3.8) is 0 Å². The third-order valence-corrected chi connectivity index (χ3v) is 3.32. The third kappa shape index (κ3) is 3.54. The van der Waals surface area contributed by atoms with Gasteiger partial charge in [0.05, 0.1) is 11.9 Å². The van der Waals surface area contributed by atoms with Gasteiger partial charge in [-0.2, -0.15) is 0 Å². The van der Waals surface area contributed by atoms with Crippen LogP contribution < -0.4 is 118 Å². The smallest absolute Gasteiger partial charge is 0.545 e. The van der Waals surface area contributed by atoms with E-state index in [2.05, 4.69) is 5.32 Å². The van der Waals surface area contributed by atoms with Gasteiger partial charge in [0.15, 0.2) is 0 Å². The first kappa shape index (κ1) is 21.1. The molecule has 0 spiro atoms. The van der Waals surface area contributed by atoms with E-state index >= 15 is 0 Å². The number of imide groups is 1. The molecule has 1 N–H and O–H groups in total. The monoisotopic (exact) mass is 361 g/mol. The molecule has 104 valence electrons. The fraction of sp³-hybridized carbons (Fsp3) is 0. The van der Waals surface area contributed by atoms with Gasteiger partial charge in [-0.05, 0) is 12.1 Å². The SMILES string of the molecule is O=C([O-])c1ccc2c3c(ccc(C(=O)[O-])c13)C(=O)NC2=O.[K+].[K+]. The molecule has 0 unspecified atom stereocenters. The first-order chi connectivity index (χ1) is 9.91. The van der Waals surface area contributed by atoms with Crippen LogP contribution in [0.4, 0.5) is 0 Å². The molecule has 9 heteroatoms. The van der Waals surface area contributed by atoms with Crippen LogP contribution in [0.1, 0.15) is 41.4 Å². The van der Waals surface area contributed by atoms with Gasteiger partial charge >= 0.3 is 103 Å². The summed E-state index contributed by atoms with van der Waals surface area (Å²) in [6, 6.07) is 4.55. The predicted octanol–water partition coefficient (Wildman–Crippen LogP) is -7.54. The largest absolute Gasteiger partial charge is 1.00 e. The topological polar surface area (TPSA) is 126 Å². The van der Waals surface area contributed by atoms with Crippen molar-refractivity contribution in [2.45, 2.75) is 0 Å². The van der Waals surface area contributed by atoms with Crippen LogP contribution in [0, 0.1) is 0 Å². The van der Waals surface area contributed by atoms with Gasteiger partial charge in [-0.3, -0.25) is 14.9 Å². The van der Waals surface area contributed by atoms with Crippen LogP contribution in [0.3, 0.4) is 0 Å². The molecule has 7 nitrogen and oxygen atoms in total. The standard InChI is InChI=1S/C14H7NO6.2K/c16-11-5-1-3-7(13(18)19)10-8(14(20)21)4-2-6(9(5)10)12(17)15-11;;/h1-4H,(H,18,19)(H,20,21)(H,15,16,17);;/q;2*+1/p-2. The summed E-state index contributed by atoms with van der Waals surface area (Å²) in [7, 11) is 0.